The van der Waals surface area contributed by atoms with E-state index in [9.17, 15) is 14.9 Å². The molecule has 1 amide bonds. The lowest BCUT2D eigenvalue weighted by Crippen LogP contribution is -2.12. The zero-order chi connectivity index (χ0) is 17.7. The third-order valence-electron chi connectivity index (χ3n) is 3.13. The van der Waals surface area contributed by atoms with Gasteiger partial charge in [0.05, 0.1) is 23.1 Å². The summed E-state index contributed by atoms with van der Waals surface area (Å²) in [6, 6.07) is 9.14. The summed E-state index contributed by atoms with van der Waals surface area (Å²) in [5.41, 5.74) is 0.496. The number of carbonyl (C=O) groups excluding carboxylic acids is 1. The third kappa shape index (κ3) is 4.02. The van der Waals surface area contributed by atoms with E-state index in [-0.39, 0.29) is 11.3 Å². The highest BCUT2D eigenvalue weighted by Crippen LogP contribution is 2.31. The maximum Gasteiger partial charge on any atom is 0.284 e. The summed E-state index contributed by atoms with van der Waals surface area (Å²) < 4.78 is 10.9. The number of nitro benzene ring substituents is 1. The summed E-state index contributed by atoms with van der Waals surface area (Å²) in [4.78, 5) is 22.7. The molecule has 0 aliphatic heterocycles. The molecule has 0 heterocycles. The Morgan fingerprint density at radius 3 is 2.62 bits per heavy atom. The Kier molecular flexibility index (Phi) is 5.75. The summed E-state index contributed by atoms with van der Waals surface area (Å²) in [7, 11) is 1.50. The lowest BCUT2D eigenvalue weighted by molar-refractivity contribution is -0.385. The zero-order valence-electron chi connectivity index (χ0n) is 13.0. The van der Waals surface area contributed by atoms with Gasteiger partial charge >= 0.3 is 0 Å². The Balaban J connectivity index is 2.23. The Bertz CT molecular complexity index is 779. The van der Waals surface area contributed by atoms with Gasteiger partial charge in [0.1, 0.15) is 0 Å². The Morgan fingerprint density at radius 2 is 2.00 bits per heavy atom. The van der Waals surface area contributed by atoms with Crippen LogP contribution in [-0.4, -0.2) is 24.5 Å². The van der Waals surface area contributed by atoms with E-state index in [4.69, 9.17) is 9.47 Å². The molecule has 0 aromatic heterocycles. The van der Waals surface area contributed by atoms with Gasteiger partial charge in [0, 0.05) is 23.4 Å². The van der Waals surface area contributed by atoms with Gasteiger partial charge < -0.3 is 14.8 Å². The molecule has 1 N–H and O–H groups in total. The largest absolute Gasteiger partial charge is 0.493 e. The summed E-state index contributed by atoms with van der Waals surface area (Å²) in [5.74, 6) is 0.588. The normalized spacial score (nSPS) is 10.1. The van der Waals surface area contributed by atoms with Crippen molar-refractivity contribution in [2.24, 2.45) is 0 Å². The standard InChI is InChI=1S/C16H15BrN2O5/c1-3-24-14-7-5-11(9-15(14)23-2)18-16(20)10-4-6-12(17)13(8-10)19(21)22/h4-9H,3H2,1-2H3,(H,18,20). The highest BCUT2D eigenvalue weighted by atomic mass is 79.9. The van der Waals surface area contributed by atoms with Gasteiger partial charge in [0.2, 0.25) is 0 Å². The molecule has 2 aromatic rings. The van der Waals surface area contributed by atoms with Crippen molar-refractivity contribution >= 4 is 33.2 Å². The maximum atomic E-state index is 12.3. The SMILES string of the molecule is CCOc1ccc(NC(=O)c2ccc(Br)c([N+](=O)[O-])c2)cc1OC. The number of ether oxygens (including phenoxy) is 2. The highest BCUT2D eigenvalue weighted by Gasteiger charge is 2.16. The van der Waals surface area contributed by atoms with E-state index in [1.807, 2.05) is 6.92 Å². The van der Waals surface area contributed by atoms with Crippen LogP contribution in [0.3, 0.4) is 0 Å². The van der Waals surface area contributed by atoms with E-state index in [2.05, 4.69) is 21.2 Å². The molecule has 0 unspecified atom stereocenters. The van der Waals surface area contributed by atoms with Gasteiger partial charge in [-0.1, -0.05) is 0 Å². The van der Waals surface area contributed by atoms with Crippen molar-refractivity contribution in [3.05, 3.63) is 56.5 Å². The van der Waals surface area contributed by atoms with Crippen LogP contribution >= 0.6 is 15.9 Å². The molecule has 0 aliphatic rings. The maximum absolute atomic E-state index is 12.3. The van der Waals surface area contributed by atoms with Crippen molar-refractivity contribution in [3.63, 3.8) is 0 Å². The van der Waals surface area contributed by atoms with Crippen LogP contribution in [0.5, 0.6) is 11.5 Å². The monoisotopic (exact) mass is 394 g/mol. The van der Waals surface area contributed by atoms with Crippen molar-refractivity contribution in [1.29, 1.82) is 0 Å². The van der Waals surface area contributed by atoms with Crippen LogP contribution in [-0.2, 0) is 0 Å². The average molecular weight is 395 g/mol. The quantitative estimate of drug-likeness (QED) is 0.590. The fraction of sp³-hybridized carbons (Fsp3) is 0.188. The van der Waals surface area contributed by atoms with E-state index in [0.29, 0.717) is 28.3 Å². The molecule has 0 radical (unpaired) electrons. The minimum atomic E-state index is -0.555. The van der Waals surface area contributed by atoms with E-state index in [1.165, 1.54) is 25.3 Å². The summed E-state index contributed by atoms with van der Waals surface area (Å²) in [6.07, 6.45) is 0. The number of carbonyl (C=O) groups is 1. The van der Waals surface area contributed by atoms with Gasteiger partial charge in [-0.3, -0.25) is 14.9 Å². The number of anilines is 1. The Morgan fingerprint density at radius 1 is 1.25 bits per heavy atom. The number of nitrogens with zero attached hydrogens (tertiary/aromatic N) is 1. The number of methoxy groups -OCH3 is 1. The smallest absolute Gasteiger partial charge is 0.284 e. The first kappa shape index (κ1) is 17.7. The van der Waals surface area contributed by atoms with Crippen molar-refractivity contribution < 1.29 is 19.2 Å². The van der Waals surface area contributed by atoms with Gasteiger partial charge in [0.15, 0.2) is 11.5 Å². The van der Waals surface area contributed by atoms with Crippen molar-refractivity contribution in [1.82, 2.24) is 0 Å². The van der Waals surface area contributed by atoms with Crippen LogP contribution in [0.4, 0.5) is 11.4 Å². The van der Waals surface area contributed by atoms with E-state index >= 15 is 0 Å². The molecule has 0 atom stereocenters. The second kappa shape index (κ2) is 7.78. The van der Waals surface area contributed by atoms with Crippen LogP contribution in [0.1, 0.15) is 17.3 Å². The number of nitrogens with one attached hydrogen (secondary N) is 1. The molecular formula is C16H15BrN2O5. The molecule has 0 bridgehead atoms. The highest BCUT2D eigenvalue weighted by molar-refractivity contribution is 9.10. The molecule has 0 aliphatic carbocycles. The number of halogens is 1. The lowest BCUT2D eigenvalue weighted by atomic mass is 10.2. The van der Waals surface area contributed by atoms with Crippen molar-refractivity contribution in [2.75, 3.05) is 19.0 Å². The first-order valence-corrected chi connectivity index (χ1v) is 7.81. The second-order valence-corrected chi connectivity index (χ2v) is 5.53. The predicted molar refractivity (Wildman–Crippen MR) is 92.9 cm³/mol. The van der Waals surface area contributed by atoms with Crippen LogP contribution in [0.25, 0.3) is 0 Å². The molecule has 2 rings (SSSR count). The third-order valence-corrected chi connectivity index (χ3v) is 3.80. The van der Waals surface area contributed by atoms with E-state index < -0.39 is 10.8 Å². The fourth-order valence-corrected chi connectivity index (χ4v) is 2.41. The zero-order valence-corrected chi connectivity index (χ0v) is 14.6. The molecule has 8 heteroatoms. The number of rotatable bonds is 6. The van der Waals surface area contributed by atoms with Gasteiger partial charge in [-0.05, 0) is 47.1 Å². The van der Waals surface area contributed by atoms with Crippen LogP contribution in [0.15, 0.2) is 40.9 Å². The number of hydrogen-bond donors (Lipinski definition) is 1. The van der Waals surface area contributed by atoms with Crippen LogP contribution < -0.4 is 14.8 Å². The fourth-order valence-electron chi connectivity index (χ4n) is 2.02. The topological polar surface area (TPSA) is 90.7 Å². The molecule has 0 saturated carbocycles. The Labute approximate surface area is 146 Å². The Hall–Kier alpha value is -2.61. The second-order valence-electron chi connectivity index (χ2n) is 4.68. The molecule has 126 valence electrons. The van der Waals surface area contributed by atoms with Gasteiger partial charge in [-0.2, -0.15) is 0 Å². The summed E-state index contributed by atoms with van der Waals surface area (Å²) >= 11 is 3.08. The van der Waals surface area contributed by atoms with Gasteiger partial charge in [0.25, 0.3) is 11.6 Å². The van der Waals surface area contributed by atoms with Crippen LogP contribution in [0.2, 0.25) is 0 Å². The van der Waals surface area contributed by atoms with E-state index in [1.54, 1.807) is 18.2 Å². The molecule has 7 nitrogen and oxygen atoms in total. The summed E-state index contributed by atoms with van der Waals surface area (Å²) in [6.45, 7) is 2.35. The minimum Gasteiger partial charge on any atom is -0.493 e. The van der Waals surface area contributed by atoms with Crippen molar-refractivity contribution in [2.45, 2.75) is 6.92 Å². The average Bonchev–Trinajstić information content (AvgIpc) is 2.56. The lowest BCUT2D eigenvalue weighted by Gasteiger charge is -2.12. The minimum absolute atomic E-state index is 0.174. The number of nitro groups is 1. The molecule has 0 saturated heterocycles. The first-order chi connectivity index (χ1) is 11.5. The number of hydrogen-bond acceptors (Lipinski definition) is 5. The van der Waals surface area contributed by atoms with Gasteiger partial charge in [-0.25, -0.2) is 0 Å². The summed E-state index contributed by atoms with van der Waals surface area (Å²) in [5, 5.41) is 13.6. The molecular weight excluding hydrogens is 380 g/mol. The van der Waals surface area contributed by atoms with Crippen molar-refractivity contribution in [3.8, 4) is 11.5 Å². The molecule has 24 heavy (non-hydrogen) atoms. The predicted octanol–water partition coefficient (Wildman–Crippen LogP) is 4.02. The molecule has 0 spiro atoms. The number of benzene rings is 2. The first-order valence-electron chi connectivity index (χ1n) is 7.02. The van der Waals surface area contributed by atoms with E-state index in [0.717, 1.165) is 0 Å². The molecule has 2 aromatic carbocycles. The number of amides is 1. The van der Waals surface area contributed by atoms with Crippen LogP contribution in [0, 0.1) is 10.1 Å². The van der Waals surface area contributed by atoms with Gasteiger partial charge in [-0.15, -0.1) is 0 Å². The molecule has 0 fully saturated rings.